The van der Waals surface area contributed by atoms with Gasteiger partial charge >= 0.3 is 0 Å². The summed E-state index contributed by atoms with van der Waals surface area (Å²) in [5.41, 5.74) is 0.706. The molecule has 31 heavy (non-hydrogen) atoms. The molecule has 1 aromatic carbocycles. The molecule has 0 aromatic heterocycles. The zero-order valence-electron chi connectivity index (χ0n) is 18.3. The number of piperidine rings is 1. The second-order valence-corrected chi connectivity index (χ2v) is 10.8. The van der Waals surface area contributed by atoms with Crippen LogP contribution in [-0.2, 0) is 19.6 Å². The van der Waals surface area contributed by atoms with E-state index in [1.807, 2.05) is 13.8 Å². The summed E-state index contributed by atoms with van der Waals surface area (Å²) in [5, 5.41) is 12.4. The van der Waals surface area contributed by atoms with Crippen molar-refractivity contribution in [2.75, 3.05) is 31.1 Å². The average molecular weight is 452 g/mol. The Morgan fingerprint density at radius 1 is 1.19 bits per heavy atom. The van der Waals surface area contributed by atoms with Crippen molar-refractivity contribution in [1.29, 1.82) is 0 Å². The Kier molecular flexibility index (Phi) is 7.72. The van der Waals surface area contributed by atoms with Crippen LogP contribution >= 0.6 is 0 Å². The number of hydrogen-bond acceptors (Lipinski definition) is 5. The summed E-state index contributed by atoms with van der Waals surface area (Å²) in [6.45, 7) is 5.06. The van der Waals surface area contributed by atoms with Crippen molar-refractivity contribution in [3.05, 3.63) is 24.3 Å². The molecule has 0 bridgehead atoms. The molecule has 0 aliphatic carbocycles. The minimum atomic E-state index is -3.73. The fourth-order valence-electron chi connectivity index (χ4n) is 4.31. The van der Waals surface area contributed by atoms with Crippen LogP contribution in [0.15, 0.2) is 29.2 Å². The molecule has 9 heteroatoms. The van der Waals surface area contributed by atoms with Gasteiger partial charge in [0.15, 0.2) is 0 Å². The van der Waals surface area contributed by atoms with Gasteiger partial charge in [0.05, 0.1) is 23.5 Å². The van der Waals surface area contributed by atoms with Gasteiger partial charge in [0, 0.05) is 31.7 Å². The van der Waals surface area contributed by atoms with Gasteiger partial charge in [0.1, 0.15) is 0 Å². The van der Waals surface area contributed by atoms with E-state index in [0.29, 0.717) is 50.4 Å². The molecule has 0 saturated carbocycles. The minimum absolute atomic E-state index is 0.0548. The van der Waals surface area contributed by atoms with Gasteiger partial charge in [-0.25, -0.2) is 8.42 Å². The van der Waals surface area contributed by atoms with Crippen LogP contribution in [0.5, 0.6) is 0 Å². The highest BCUT2D eigenvalue weighted by atomic mass is 32.2. The van der Waals surface area contributed by atoms with E-state index in [4.69, 9.17) is 0 Å². The van der Waals surface area contributed by atoms with Crippen molar-refractivity contribution in [2.24, 2.45) is 11.8 Å². The Morgan fingerprint density at radius 3 is 2.48 bits per heavy atom. The molecule has 2 heterocycles. The second-order valence-electron chi connectivity index (χ2n) is 8.86. The molecule has 2 amide bonds. The molecule has 1 aromatic rings. The normalized spacial score (nSPS) is 21.5. The molecule has 172 valence electrons. The van der Waals surface area contributed by atoms with E-state index >= 15 is 0 Å². The monoisotopic (exact) mass is 451 g/mol. The molecule has 3 rings (SSSR count). The van der Waals surface area contributed by atoms with Gasteiger partial charge < -0.3 is 15.3 Å². The Morgan fingerprint density at radius 2 is 1.90 bits per heavy atom. The number of nitrogens with zero attached hydrogens (tertiary/aromatic N) is 2. The summed E-state index contributed by atoms with van der Waals surface area (Å²) < 4.78 is 27.7. The van der Waals surface area contributed by atoms with Crippen molar-refractivity contribution < 1.29 is 23.1 Å². The van der Waals surface area contributed by atoms with Crippen LogP contribution in [0.4, 0.5) is 5.69 Å². The van der Waals surface area contributed by atoms with Gasteiger partial charge in [-0.3, -0.25) is 9.59 Å². The summed E-state index contributed by atoms with van der Waals surface area (Å²) in [7, 11) is -3.73. The molecule has 2 aliphatic heterocycles. The third-order valence-electron chi connectivity index (χ3n) is 5.94. The molecule has 1 unspecified atom stereocenters. The van der Waals surface area contributed by atoms with Crippen LogP contribution in [0.2, 0.25) is 0 Å². The number of benzene rings is 1. The fraction of sp³-hybridized carbons (Fsp3) is 0.636. The Bertz CT molecular complexity index is 885. The number of amides is 2. The van der Waals surface area contributed by atoms with E-state index < -0.39 is 15.9 Å². The number of nitrogens with one attached hydrogen (secondary N) is 1. The van der Waals surface area contributed by atoms with Crippen LogP contribution in [-0.4, -0.2) is 61.9 Å². The quantitative estimate of drug-likeness (QED) is 0.626. The SMILES string of the molecule is CC(C)C[C@@H](CO)NC(=O)C1CCCN(S(=O)(=O)c2ccc(N3CCCC3=O)cc2)C1. The molecule has 0 radical (unpaired) electrons. The molecule has 2 saturated heterocycles. The number of carbonyl (C=O) groups excluding carboxylic acids is 2. The lowest BCUT2D eigenvalue weighted by atomic mass is 9.97. The lowest BCUT2D eigenvalue weighted by molar-refractivity contribution is -0.127. The number of anilines is 1. The van der Waals surface area contributed by atoms with Gasteiger partial charge in [-0.05, 0) is 55.9 Å². The maximum Gasteiger partial charge on any atom is 0.243 e. The van der Waals surface area contributed by atoms with Gasteiger partial charge in [0.2, 0.25) is 21.8 Å². The average Bonchev–Trinajstić information content (AvgIpc) is 3.19. The van der Waals surface area contributed by atoms with Crippen molar-refractivity contribution in [3.8, 4) is 0 Å². The maximum absolute atomic E-state index is 13.1. The van der Waals surface area contributed by atoms with Gasteiger partial charge in [-0.15, -0.1) is 0 Å². The molecule has 8 nitrogen and oxygen atoms in total. The predicted octanol–water partition coefficient (Wildman–Crippen LogP) is 1.74. The number of hydrogen-bond donors (Lipinski definition) is 2. The van der Waals surface area contributed by atoms with Crippen molar-refractivity contribution in [1.82, 2.24) is 9.62 Å². The molecule has 0 spiro atoms. The van der Waals surface area contributed by atoms with E-state index in [-0.39, 0.29) is 35.9 Å². The summed E-state index contributed by atoms with van der Waals surface area (Å²) in [4.78, 5) is 26.4. The van der Waals surface area contributed by atoms with Crippen LogP contribution < -0.4 is 10.2 Å². The van der Waals surface area contributed by atoms with Gasteiger partial charge in [0.25, 0.3) is 0 Å². The number of rotatable bonds is 8. The summed E-state index contributed by atoms with van der Waals surface area (Å²) in [6, 6.07) is 6.08. The van der Waals surface area contributed by atoms with E-state index in [1.54, 1.807) is 17.0 Å². The molecule has 2 aliphatic rings. The highest BCUT2D eigenvalue weighted by molar-refractivity contribution is 7.89. The zero-order chi connectivity index (χ0) is 22.6. The fourth-order valence-corrected chi connectivity index (χ4v) is 5.83. The first kappa shape index (κ1) is 23.7. The van der Waals surface area contributed by atoms with E-state index in [1.165, 1.54) is 16.4 Å². The number of carbonyl (C=O) groups is 2. The molecular formula is C22H33N3O5S. The first-order valence-electron chi connectivity index (χ1n) is 11.0. The molecular weight excluding hydrogens is 418 g/mol. The first-order chi connectivity index (χ1) is 14.7. The highest BCUT2D eigenvalue weighted by Crippen LogP contribution is 2.27. The van der Waals surface area contributed by atoms with Crippen LogP contribution in [0, 0.1) is 11.8 Å². The molecule has 2 fully saturated rings. The number of aliphatic hydroxyl groups excluding tert-OH is 1. The van der Waals surface area contributed by atoms with E-state index in [0.717, 1.165) is 6.42 Å². The first-order valence-corrected chi connectivity index (χ1v) is 12.5. The highest BCUT2D eigenvalue weighted by Gasteiger charge is 2.34. The zero-order valence-corrected chi connectivity index (χ0v) is 19.1. The Balaban J connectivity index is 1.67. The van der Waals surface area contributed by atoms with E-state index in [2.05, 4.69) is 5.32 Å². The summed E-state index contributed by atoms with van der Waals surface area (Å²) >= 11 is 0. The third-order valence-corrected chi connectivity index (χ3v) is 7.82. The minimum Gasteiger partial charge on any atom is -0.394 e. The molecule has 2 N–H and O–H groups in total. The second kappa shape index (κ2) is 10.1. The van der Waals surface area contributed by atoms with Gasteiger partial charge in [-0.1, -0.05) is 13.8 Å². The summed E-state index contributed by atoms with van der Waals surface area (Å²) in [5.74, 6) is -0.257. The van der Waals surface area contributed by atoms with Crippen molar-refractivity contribution in [3.63, 3.8) is 0 Å². The van der Waals surface area contributed by atoms with Crippen LogP contribution in [0.25, 0.3) is 0 Å². The number of aliphatic hydroxyl groups is 1. The lowest BCUT2D eigenvalue weighted by Gasteiger charge is -2.32. The summed E-state index contributed by atoms with van der Waals surface area (Å²) in [6.07, 6.45) is 3.22. The van der Waals surface area contributed by atoms with Gasteiger partial charge in [-0.2, -0.15) is 4.31 Å². The van der Waals surface area contributed by atoms with Crippen molar-refractivity contribution >= 4 is 27.5 Å². The van der Waals surface area contributed by atoms with Crippen LogP contribution in [0.3, 0.4) is 0 Å². The third kappa shape index (κ3) is 5.64. The predicted molar refractivity (Wildman–Crippen MR) is 118 cm³/mol. The smallest absolute Gasteiger partial charge is 0.243 e. The topological polar surface area (TPSA) is 107 Å². The maximum atomic E-state index is 13.1. The Hall–Kier alpha value is -1.97. The number of sulfonamides is 1. The van der Waals surface area contributed by atoms with Crippen molar-refractivity contribution in [2.45, 2.75) is 56.9 Å². The molecule has 2 atom stereocenters. The Labute approximate surface area is 184 Å². The van der Waals surface area contributed by atoms with Crippen LogP contribution in [0.1, 0.15) is 46.0 Å². The standard InChI is InChI=1S/C22H33N3O5S/c1-16(2)13-18(15-26)23-22(28)17-5-3-11-24(14-17)31(29,30)20-9-7-19(8-10-20)25-12-4-6-21(25)27/h7-10,16-18,26H,3-6,11-15H2,1-2H3,(H,23,28)/t17?,18-/m0/s1. The van der Waals surface area contributed by atoms with E-state index in [9.17, 15) is 23.1 Å². The lowest BCUT2D eigenvalue weighted by Crippen LogP contribution is -2.48. The largest absolute Gasteiger partial charge is 0.394 e.